The number of aliphatic hydroxyl groups excluding tert-OH is 1. The summed E-state index contributed by atoms with van der Waals surface area (Å²) in [6.07, 6.45) is 0.0528. The van der Waals surface area contributed by atoms with Crippen molar-refractivity contribution in [1.82, 2.24) is 0 Å². The Morgan fingerprint density at radius 3 is 2.42 bits per heavy atom. The average molecular weight is 176 g/mol. The van der Waals surface area contributed by atoms with Crippen LogP contribution in [-0.2, 0) is 9.47 Å². The molecule has 0 saturated carbocycles. The fourth-order valence-electron chi connectivity index (χ4n) is 0.859. The summed E-state index contributed by atoms with van der Waals surface area (Å²) in [6.45, 7) is 7.77. The van der Waals surface area contributed by atoms with Crippen molar-refractivity contribution < 1.29 is 14.6 Å². The van der Waals surface area contributed by atoms with E-state index in [0.29, 0.717) is 32.2 Å². The van der Waals surface area contributed by atoms with Crippen LogP contribution >= 0.6 is 0 Å². The topological polar surface area (TPSA) is 38.7 Å². The minimum atomic E-state index is -0.634. The van der Waals surface area contributed by atoms with Crippen LogP contribution in [0.2, 0.25) is 0 Å². The first kappa shape index (κ1) is 11.9. The van der Waals surface area contributed by atoms with Crippen molar-refractivity contribution in [3.63, 3.8) is 0 Å². The van der Waals surface area contributed by atoms with Gasteiger partial charge in [-0.15, -0.1) is 0 Å². The van der Waals surface area contributed by atoms with Crippen LogP contribution in [0.4, 0.5) is 0 Å². The fourth-order valence-corrected chi connectivity index (χ4v) is 0.859. The quantitative estimate of drug-likeness (QED) is 0.471. The fraction of sp³-hybridized carbons (Fsp3) is 1.00. The predicted molar refractivity (Wildman–Crippen MR) is 47.9 cm³/mol. The molecule has 1 atom stereocenters. The number of ether oxygens (including phenoxy) is 2. The van der Waals surface area contributed by atoms with E-state index < -0.39 is 6.29 Å². The molecule has 0 aromatic carbocycles. The van der Waals surface area contributed by atoms with Gasteiger partial charge in [0.05, 0.1) is 13.2 Å². The Bertz CT molecular complexity index is 93.8. The summed E-state index contributed by atoms with van der Waals surface area (Å²) >= 11 is 0. The lowest BCUT2D eigenvalue weighted by atomic mass is 10.1. The molecule has 0 spiro atoms. The third-order valence-electron chi connectivity index (χ3n) is 1.42. The van der Waals surface area contributed by atoms with Gasteiger partial charge in [0.1, 0.15) is 0 Å². The van der Waals surface area contributed by atoms with Gasteiger partial charge in [0.2, 0.25) is 0 Å². The third kappa shape index (κ3) is 7.98. The van der Waals surface area contributed by atoms with E-state index in [0.717, 1.165) is 0 Å². The van der Waals surface area contributed by atoms with E-state index in [1.807, 2.05) is 6.92 Å². The Kier molecular flexibility index (Phi) is 7.45. The Labute approximate surface area is 74.7 Å². The Balaban J connectivity index is 3.14. The van der Waals surface area contributed by atoms with Crippen molar-refractivity contribution >= 4 is 0 Å². The van der Waals surface area contributed by atoms with Crippen LogP contribution in [0.15, 0.2) is 0 Å². The average Bonchev–Trinajstić information content (AvgIpc) is 1.97. The molecule has 3 heteroatoms. The number of rotatable bonds is 7. The minimum Gasteiger partial charge on any atom is -0.379 e. The number of hydrogen-bond donors (Lipinski definition) is 1. The highest BCUT2D eigenvalue weighted by molar-refractivity contribution is 4.47. The summed E-state index contributed by atoms with van der Waals surface area (Å²) in [7, 11) is 0. The standard InChI is InChI=1S/C9H20O3/c1-4-11-5-6-12-9(10)7-8(2)3/h8-10H,4-7H2,1-3H3. The molecule has 3 nitrogen and oxygen atoms in total. The largest absolute Gasteiger partial charge is 0.379 e. The van der Waals surface area contributed by atoms with Crippen molar-refractivity contribution in [3.8, 4) is 0 Å². The summed E-state index contributed by atoms with van der Waals surface area (Å²) in [4.78, 5) is 0. The Hall–Kier alpha value is -0.120. The lowest BCUT2D eigenvalue weighted by Crippen LogP contribution is -2.17. The molecular weight excluding hydrogens is 156 g/mol. The molecule has 0 aliphatic rings. The monoisotopic (exact) mass is 176 g/mol. The maximum Gasteiger partial charge on any atom is 0.154 e. The van der Waals surface area contributed by atoms with E-state index in [1.165, 1.54) is 0 Å². The van der Waals surface area contributed by atoms with Crippen LogP contribution < -0.4 is 0 Å². The second-order valence-corrected chi connectivity index (χ2v) is 3.15. The molecule has 0 amide bonds. The smallest absolute Gasteiger partial charge is 0.154 e. The van der Waals surface area contributed by atoms with Gasteiger partial charge in [-0.25, -0.2) is 0 Å². The molecule has 0 fully saturated rings. The van der Waals surface area contributed by atoms with E-state index in [-0.39, 0.29) is 0 Å². The summed E-state index contributed by atoms with van der Waals surface area (Å²) in [5.74, 6) is 0.465. The molecule has 1 N–H and O–H groups in total. The minimum absolute atomic E-state index is 0.465. The van der Waals surface area contributed by atoms with Gasteiger partial charge in [0.25, 0.3) is 0 Å². The molecule has 0 saturated heterocycles. The SMILES string of the molecule is CCOCCOC(O)CC(C)C. The predicted octanol–water partition coefficient (Wildman–Crippen LogP) is 1.40. The second-order valence-electron chi connectivity index (χ2n) is 3.15. The molecular formula is C9H20O3. The zero-order valence-corrected chi connectivity index (χ0v) is 8.25. The van der Waals surface area contributed by atoms with E-state index in [2.05, 4.69) is 13.8 Å². The maximum absolute atomic E-state index is 9.24. The van der Waals surface area contributed by atoms with Gasteiger partial charge in [0.15, 0.2) is 6.29 Å². The van der Waals surface area contributed by atoms with E-state index in [9.17, 15) is 5.11 Å². The van der Waals surface area contributed by atoms with Crippen LogP contribution in [-0.4, -0.2) is 31.2 Å². The van der Waals surface area contributed by atoms with Crippen molar-refractivity contribution in [2.24, 2.45) is 5.92 Å². The van der Waals surface area contributed by atoms with Crippen LogP contribution in [0.1, 0.15) is 27.2 Å². The lowest BCUT2D eigenvalue weighted by Gasteiger charge is -2.13. The van der Waals surface area contributed by atoms with Crippen molar-refractivity contribution in [1.29, 1.82) is 0 Å². The number of aliphatic hydroxyl groups is 1. The molecule has 0 aliphatic carbocycles. The van der Waals surface area contributed by atoms with E-state index in [1.54, 1.807) is 0 Å². The highest BCUT2D eigenvalue weighted by Gasteiger charge is 2.05. The summed E-state index contributed by atoms with van der Waals surface area (Å²) in [6, 6.07) is 0. The summed E-state index contributed by atoms with van der Waals surface area (Å²) < 4.78 is 10.1. The van der Waals surface area contributed by atoms with E-state index >= 15 is 0 Å². The zero-order chi connectivity index (χ0) is 9.40. The second kappa shape index (κ2) is 7.53. The highest BCUT2D eigenvalue weighted by Crippen LogP contribution is 2.04. The first-order chi connectivity index (χ1) is 5.66. The molecule has 1 unspecified atom stereocenters. The molecule has 0 heterocycles. The van der Waals surface area contributed by atoms with Gasteiger partial charge in [0, 0.05) is 13.0 Å². The van der Waals surface area contributed by atoms with Gasteiger partial charge >= 0.3 is 0 Å². The molecule has 74 valence electrons. The normalized spacial score (nSPS) is 13.8. The first-order valence-electron chi connectivity index (χ1n) is 4.54. The van der Waals surface area contributed by atoms with Crippen LogP contribution in [0.25, 0.3) is 0 Å². The highest BCUT2D eigenvalue weighted by atomic mass is 16.6. The van der Waals surface area contributed by atoms with Gasteiger partial charge in [-0.05, 0) is 12.8 Å². The third-order valence-corrected chi connectivity index (χ3v) is 1.42. The van der Waals surface area contributed by atoms with Crippen LogP contribution in [0.5, 0.6) is 0 Å². The van der Waals surface area contributed by atoms with Gasteiger partial charge in [-0.3, -0.25) is 0 Å². The van der Waals surface area contributed by atoms with Gasteiger partial charge < -0.3 is 14.6 Å². The van der Waals surface area contributed by atoms with Crippen molar-refractivity contribution in [2.45, 2.75) is 33.5 Å². The van der Waals surface area contributed by atoms with Crippen LogP contribution in [0.3, 0.4) is 0 Å². The molecule has 12 heavy (non-hydrogen) atoms. The Morgan fingerprint density at radius 2 is 1.92 bits per heavy atom. The van der Waals surface area contributed by atoms with Gasteiger partial charge in [-0.1, -0.05) is 13.8 Å². The summed E-state index contributed by atoms with van der Waals surface area (Å²) in [5, 5.41) is 9.24. The molecule has 0 aliphatic heterocycles. The molecule has 0 aromatic rings. The molecule has 0 rings (SSSR count). The molecule has 0 bridgehead atoms. The van der Waals surface area contributed by atoms with Gasteiger partial charge in [-0.2, -0.15) is 0 Å². The number of hydrogen-bond acceptors (Lipinski definition) is 3. The van der Waals surface area contributed by atoms with Crippen molar-refractivity contribution in [3.05, 3.63) is 0 Å². The van der Waals surface area contributed by atoms with Crippen LogP contribution in [0, 0.1) is 5.92 Å². The summed E-state index contributed by atoms with van der Waals surface area (Å²) in [5.41, 5.74) is 0. The lowest BCUT2D eigenvalue weighted by molar-refractivity contribution is -0.120. The Morgan fingerprint density at radius 1 is 1.25 bits per heavy atom. The molecule has 0 aromatic heterocycles. The van der Waals surface area contributed by atoms with E-state index in [4.69, 9.17) is 9.47 Å². The first-order valence-corrected chi connectivity index (χ1v) is 4.54. The molecule has 0 radical (unpaired) electrons. The van der Waals surface area contributed by atoms with Crippen molar-refractivity contribution in [2.75, 3.05) is 19.8 Å². The maximum atomic E-state index is 9.24. The zero-order valence-electron chi connectivity index (χ0n) is 8.25.